The van der Waals surface area contributed by atoms with Crippen molar-refractivity contribution in [3.63, 3.8) is 0 Å². The highest BCUT2D eigenvalue weighted by molar-refractivity contribution is 9.09. The second-order valence-electron chi connectivity index (χ2n) is 4.17. The number of hydrogen-bond donors (Lipinski definition) is 0. The Bertz CT molecular complexity index is 513. The molecule has 1 unspecified atom stereocenters. The van der Waals surface area contributed by atoms with Gasteiger partial charge < -0.3 is 0 Å². The van der Waals surface area contributed by atoms with Crippen LogP contribution in [-0.4, -0.2) is 0 Å². The molecule has 0 aliphatic carbocycles. The van der Waals surface area contributed by atoms with Gasteiger partial charge in [-0.15, -0.1) is 0 Å². The molecule has 0 heterocycles. The fraction of sp³-hybridized carbons (Fsp3) is 0.200. The van der Waals surface area contributed by atoms with Crippen molar-refractivity contribution >= 4 is 27.5 Å². The quantitative estimate of drug-likeness (QED) is 0.646. The van der Waals surface area contributed by atoms with E-state index in [1.54, 1.807) is 12.1 Å². The molecule has 0 radical (unpaired) electrons. The van der Waals surface area contributed by atoms with E-state index in [0.29, 0.717) is 4.83 Å². The van der Waals surface area contributed by atoms with Crippen molar-refractivity contribution in [1.29, 1.82) is 0 Å². The van der Waals surface area contributed by atoms with Crippen LogP contribution in [-0.2, 0) is 6.42 Å². The Labute approximate surface area is 120 Å². The standard InChI is InChI=1S/C15H13BrClF/c16-13(12-4-2-1-3-5-12)8-6-11-7-9-15(18)14(17)10-11/h1-5,7,9-10,13H,6,8H2. The van der Waals surface area contributed by atoms with Gasteiger partial charge in [0.1, 0.15) is 5.82 Å². The Hall–Kier alpha value is -0.860. The fourth-order valence-corrected chi connectivity index (χ4v) is 2.55. The summed E-state index contributed by atoms with van der Waals surface area (Å²) in [5, 5.41) is 0.193. The Morgan fingerprint density at radius 2 is 1.83 bits per heavy atom. The third-order valence-electron chi connectivity index (χ3n) is 2.83. The first-order valence-corrected chi connectivity index (χ1v) is 7.09. The molecule has 2 rings (SSSR count). The summed E-state index contributed by atoms with van der Waals surface area (Å²) in [6, 6.07) is 15.1. The van der Waals surface area contributed by atoms with Gasteiger partial charge in [-0.1, -0.05) is 63.9 Å². The van der Waals surface area contributed by atoms with Crippen LogP contribution >= 0.6 is 27.5 Å². The second kappa shape index (κ2) is 6.35. The molecular weight excluding hydrogens is 315 g/mol. The highest BCUT2D eigenvalue weighted by Crippen LogP contribution is 2.28. The first-order chi connectivity index (χ1) is 8.66. The van der Waals surface area contributed by atoms with Crippen LogP contribution in [0.2, 0.25) is 5.02 Å². The highest BCUT2D eigenvalue weighted by atomic mass is 79.9. The van der Waals surface area contributed by atoms with E-state index in [1.807, 2.05) is 18.2 Å². The predicted octanol–water partition coefficient (Wildman–Crippen LogP) is 5.55. The summed E-state index contributed by atoms with van der Waals surface area (Å²) in [4.78, 5) is 0.308. The molecule has 3 heteroatoms. The number of benzene rings is 2. The lowest BCUT2D eigenvalue weighted by molar-refractivity contribution is 0.627. The fourth-order valence-electron chi connectivity index (χ4n) is 1.82. The van der Waals surface area contributed by atoms with E-state index in [-0.39, 0.29) is 10.8 Å². The molecule has 1 atom stereocenters. The molecule has 0 amide bonds. The van der Waals surface area contributed by atoms with Gasteiger partial charge in [-0.25, -0.2) is 4.39 Å². The van der Waals surface area contributed by atoms with E-state index in [4.69, 9.17) is 11.6 Å². The maximum absolute atomic E-state index is 13.0. The van der Waals surface area contributed by atoms with Crippen LogP contribution in [0.15, 0.2) is 48.5 Å². The zero-order valence-electron chi connectivity index (χ0n) is 9.74. The van der Waals surface area contributed by atoms with Crippen molar-refractivity contribution in [1.82, 2.24) is 0 Å². The zero-order valence-corrected chi connectivity index (χ0v) is 12.1. The van der Waals surface area contributed by atoms with Crippen molar-refractivity contribution in [2.75, 3.05) is 0 Å². The van der Waals surface area contributed by atoms with Gasteiger partial charge in [-0.2, -0.15) is 0 Å². The first-order valence-electron chi connectivity index (χ1n) is 5.80. The Morgan fingerprint density at radius 1 is 1.11 bits per heavy atom. The zero-order chi connectivity index (χ0) is 13.0. The average Bonchev–Trinajstić information content (AvgIpc) is 2.41. The minimum Gasteiger partial charge on any atom is -0.205 e. The van der Waals surface area contributed by atoms with Crippen molar-refractivity contribution in [2.24, 2.45) is 0 Å². The topological polar surface area (TPSA) is 0 Å². The van der Waals surface area contributed by atoms with Crippen LogP contribution < -0.4 is 0 Å². The van der Waals surface area contributed by atoms with Crippen LogP contribution in [0.3, 0.4) is 0 Å². The second-order valence-corrected chi connectivity index (χ2v) is 5.68. The molecule has 2 aromatic rings. The third-order valence-corrected chi connectivity index (χ3v) is 4.11. The average molecular weight is 328 g/mol. The number of halogens is 3. The van der Waals surface area contributed by atoms with Crippen LogP contribution in [0.25, 0.3) is 0 Å². The monoisotopic (exact) mass is 326 g/mol. The largest absolute Gasteiger partial charge is 0.205 e. The molecule has 0 fully saturated rings. The maximum Gasteiger partial charge on any atom is 0.141 e. The molecular formula is C15H13BrClF. The number of aryl methyl sites for hydroxylation is 1. The smallest absolute Gasteiger partial charge is 0.141 e. The van der Waals surface area contributed by atoms with Crippen molar-refractivity contribution in [2.45, 2.75) is 17.7 Å². The molecule has 0 spiro atoms. The van der Waals surface area contributed by atoms with Crippen molar-refractivity contribution < 1.29 is 4.39 Å². The van der Waals surface area contributed by atoms with Gasteiger partial charge in [-0.3, -0.25) is 0 Å². The molecule has 0 nitrogen and oxygen atoms in total. The maximum atomic E-state index is 13.0. The molecule has 0 saturated heterocycles. The Kier molecular flexibility index (Phi) is 4.79. The summed E-state index contributed by atoms with van der Waals surface area (Å²) in [5.41, 5.74) is 2.31. The van der Waals surface area contributed by atoms with Crippen molar-refractivity contribution in [3.05, 3.63) is 70.5 Å². The number of alkyl halides is 1. The highest BCUT2D eigenvalue weighted by Gasteiger charge is 2.08. The molecule has 0 aromatic heterocycles. The summed E-state index contributed by atoms with van der Waals surface area (Å²) in [5.74, 6) is -0.362. The Morgan fingerprint density at radius 3 is 2.50 bits per heavy atom. The molecule has 2 aromatic carbocycles. The Balaban J connectivity index is 1.97. The summed E-state index contributed by atoms with van der Waals surface area (Å²) in [6.07, 6.45) is 1.82. The lowest BCUT2D eigenvalue weighted by Crippen LogP contribution is -1.94. The lowest BCUT2D eigenvalue weighted by Gasteiger charge is -2.10. The van der Waals surface area contributed by atoms with Crippen LogP contribution in [0, 0.1) is 5.82 Å². The van der Waals surface area contributed by atoms with E-state index >= 15 is 0 Å². The van der Waals surface area contributed by atoms with Gasteiger partial charge in [0.25, 0.3) is 0 Å². The molecule has 0 aliphatic rings. The van der Waals surface area contributed by atoms with Crippen LogP contribution in [0.4, 0.5) is 4.39 Å². The molecule has 94 valence electrons. The van der Waals surface area contributed by atoms with E-state index < -0.39 is 0 Å². The van der Waals surface area contributed by atoms with Crippen LogP contribution in [0.5, 0.6) is 0 Å². The first kappa shape index (κ1) is 13.6. The third kappa shape index (κ3) is 3.56. The summed E-state index contributed by atoms with van der Waals surface area (Å²) in [6.45, 7) is 0. The molecule has 0 saturated carbocycles. The van der Waals surface area contributed by atoms with Gasteiger partial charge in [0, 0.05) is 4.83 Å². The number of hydrogen-bond acceptors (Lipinski definition) is 0. The summed E-state index contributed by atoms with van der Waals surface area (Å²) < 4.78 is 13.0. The van der Waals surface area contributed by atoms with E-state index in [1.165, 1.54) is 11.6 Å². The van der Waals surface area contributed by atoms with Crippen molar-refractivity contribution in [3.8, 4) is 0 Å². The minimum atomic E-state index is -0.362. The van der Waals surface area contributed by atoms with E-state index in [0.717, 1.165) is 18.4 Å². The minimum absolute atomic E-state index is 0.193. The summed E-state index contributed by atoms with van der Waals surface area (Å²) >= 11 is 9.43. The molecule has 0 aliphatic heterocycles. The van der Waals surface area contributed by atoms with E-state index in [2.05, 4.69) is 28.1 Å². The SMILES string of the molecule is Fc1ccc(CCC(Br)c2ccccc2)cc1Cl. The summed E-state index contributed by atoms with van der Waals surface area (Å²) in [7, 11) is 0. The molecule has 0 N–H and O–H groups in total. The van der Waals surface area contributed by atoms with Gasteiger partial charge in [0.15, 0.2) is 0 Å². The van der Waals surface area contributed by atoms with Gasteiger partial charge in [0.2, 0.25) is 0 Å². The van der Waals surface area contributed by atoms with E-state index in [9.17, 15) is 4.39 Å². The van der Waals surface area contributed by atoms with Gasteiger partial charge >= 0.3 is 0 Å². The lowest BCUT2D eigenvalue weighted by atomic mass is 10.0. The van der Waals surface area contributed by atoms with Gasteiger partial charge in [-0.05, 0) is 36.1 Å². The van der Waals surface area contributed by atoms with Gasteiger partial charge in [0.05, 0.1) is 5.02 Å². The normalized spacial score (nSPS) is 12.4. The van der Waals surface area contributed by atoms with Crippen LogP contribution in [0.1, 0.15) is 22.4 Å². The predicted molar refractivity (Wildman–Crippen MR) is 77.8 cm³/mol. The molecule has 0 bridgehead atoms. The molecule has 18 heavy (non-hydrogen) atoms. The number of rotatable bonds is 4.